The van der Waals surface area contributed by atoms with Gasteiger partial charge in [-0.15, -0.1) is 5.10 Å². The maximum atomic E-state index is 12.9. The van der Waals surface area contributed by atoms with Crippen LogP contribution in [0.1, 0.15) is 21.7 Å². The van der Waals surface area contributed by atoms with E-state index in [-0.39, 0.29) is 11.7 Å². The predicted octanol–water partition coefficient (Wildman–Crippen LogP) is 6.33. The van der Waals surface area contributed by atoms with E-state index in [0.717, 1.165) is 37.0 Å². The van der Waals surface area contributed by atoms with Crippen LogP contribution < -0.4 is 5.32 Å². The molecule has 0 aliphatic rings. The lowest BCUT2D eigenvalue weighted by Gasteiger charge is -2.07. The molecule has 0 saturated heterocycles. The molecule has 7 heteroatoms. The van der Waals surface area contributed by atoms with Gasteiger partial charge in [0.15, 0.2) is 5.82 Å². The SMILES string of the molecule is Cc1cccc(-c2nc(C(=O)Nc3ccc(Br)cc3C)nn2-c2ccc(Br)cc2)c1. The monoisotopic (exact) mass is 524 g/mol. The third-order valence-corrected chi connectivity index (χ3v) is 5.62. The number of hydrogen-bond acceptors (Lipinski definition) is 3. The van der Waals surface area contributed by atoms with Crippen molar-refractivity contribution in [3.8, 4) is 17.1 Å². The molecule has 0 saturated carbocycles. The smallest absolute Gasteiger partial charge is 0.295 e. The summed E-state index contributed by atoms with van der Waals surface area (Å²) >= 11 is 6.89. The predicted molar refractivity (Wildman–Crippen MR) is 126 cm³/mol. The fraction of sp³-hybridized carbons (Fsp3) is 0.0870. The van der Waals surface area contributed by atoms with Crippen molar-refractivity contribution in [2.24, 2.45) is 0 Å². The molecule has 0 atom stereocenters. The molecule has 1 amide bonds. The third kappa shape index (κ3) is 4.37. The topological polar surface area (TPSA) is 59.8 Å². The first-order valence-electron chi connectivity index (χ1n) is 9.28. The lowest BCUT2D eigenvalue weighted by molar-refractivity contribution is 0.101. The number of anilines is 1. The molecule has 0 spiro atoms. The van der Waals surface area contributed by atoms with Crippen molar-refractivity contribution >= 4 is 43.5 Å². The summed E-state index contributed by atoms with van der Waals surface area (Å²) in [6.07, 6.45) is 0. The quantitative estimate of drug-likeness (QED) is 0.338. The molecule has 0 aliphatic carbocycles. The van der Waals surface area contributed by atoms with Crippen LogP contribution in [-0.2, 0) is 0 Å². The van der Waals surface area contributed by atoms with Gasteiger partial charge in [-0.3, -0.25) is 4.79 Å². The van der Waals surface area contributed by atoms with Gasteiger partial charge in [0.25, 0.3) is 5.91 Å². The molecule has 1 aromatic heterocycles. The van der Waals surface area contributed by atoms with Gasteiger partial charge in [-0.2, -0.15) is 0 Å². The molecule has 1 N–H and O–H groups in total. The minimum atomic E-state index is -0.356. The number of nitrogens with zero attached hydrogens (tertiary/aromatic N) is 3. The number of benzene rings is 3. The van der Waals surface area contributed by atoms with Gasteiger partial charge in [0.1, 0.15) is 0 Å². The molecule has 0 fully saturated rings. The highest BCUT2D eigenvalue weighted by atomic mass is 79.9. The minimum absolute atomic E-state index is 0.108. The van der Waals surface area contributed by atoms with Crippen LogP contribution in [0.4, 0.5) is 5.69 Å². The van der Waals surface area contributed by atoms with E-state index in [0.29, 0.717) is 5.82 Å². The molecular weight excluding hydrogens is 508 g/mol. The van der Waals surface area contributed by atoms with Crippen molar-refractivity contribution in [3.63, 3.8) is 0 Å². The molecule has 5 nitrogen and oxygen atoms in total. The first-order chi connectivity index (χ1) is 14.4. The fourth-order valence-electron chi connectivity index (χ4n) is 3.09. The summed E-state index contributed by atoms with van der Waals surface area (Å²) in [4.78, 5) is 17.5. The standard InChI is InChI=1S/C23H18Br2N4O/c1-14-4-3-5-16(12-14)22-27-21(28-29(22)19-9-6-17(24)7-10-19)23(30)26-20-11-8-18(25)13-15(20)2/h3-13H,1-2H3,(H,26,30). The highest BCUT2D eigenvalue weighted by Gasteiger charge is 2.19. The van der Waals surface area contributed by atoms with E-state index in [1.165, 1.54) is 0 Å². The highest BCUT2D eigenvalue weighted by Crippen LogP contribution is 2.24. The normalized spacial score (nSPS) is 10.8. The Balaban J connectivity index is 1.76. The van der Waals surface area contributed by atoms with E-state index < -0.39 is 0 Å². The lowest BCUT2D eigenvalue weighted by atomic mass is 10.1. The molecule has 0 aliphatic heterocycles. The second kappa shape index (κ2) is 8.53. The van der Waals surface area contributed by atoms with E-state index in [9.17, 15) is 4.79 Å². The van der Waals surface area contributed by atoms with Crippen LogP contribution >= 0.6 is 31.9 Å². The largest absolute Gasteiger partial charge is 0.319 e. The summed E-state index contributed by atoms with van der Waals surface area (Å²) in [5.74, 6) is 0.362. The second-order valence-electron chi connectivity index (χ2n) is 6.93. The van der Waals surface area contributed by atoms with Crippen LogP contribution in [0.5, 0.6) is 0 Å². The van der Waals surface area contributed by atoms with Crippen molar-refractivity contribution in [2.45, 2.75) is 13.8 Å². The summed E-state index contributed by atoms with van der Waals surface area (Å²) in [6.45, 7) is 3.96. The Morgan fingerprint density at radius 3 is 2.37 bits per heavy atom. The minimum Gasteiger partial charge on any atom is -0.319 e. The summed E-state index contributed by atoms with van der Waals surface area (Å²) < 4.78 is 3.62. The molecule has 30 heavy (non-hydrogen) atoms. The summed E-state index contributed by atoms with van der Waals surface area (Å²) in [5.41, 5.74) is 4.49. The van der Waals surface area contributed by atoms with Gasteiger partial charge in [0.05, 0.1) is 5.69 Å². The van der Waals surface area contributed by atoms with Gasteiger partial charge in [-0.1, -0.05) is 55.6 Å². The number of carbonyl (C=O) groups excluding carboxylic acids is 1. The van der Waals surface area contributed by atoms with Gasteiger partial charge >= 0.3 is 0 Å². The number of nitrogens with one attached hydrogen (secondary N) is 1. The summed E-state index contributed by atoms with van der Waals surface area (Å²) in [7, 11) is 0. The Labute approximate surface area is 191 Å². The van der Waals surface area contributed by atoms with Crippen molar-refractivity contribution in [1.29, 1.82) is 0 Å². The van der Waals surface area contributed by atoms with Crippen LogP contribution in [0.3, 0.4) is 0 Å². The Bertz CT molecular complexity index is 1230. The number of halogens is 2. The van der Waals surface area contributed by atoms with Crippen molar-refractivity contribution < 1.29 is 4.79 Å². The number of hydrogen-bond donors (Lipinski definition) is 1. The average Bonchev–Trinajstić information content (AvgIpc) is 3.16. The van der Waals surface area contributed by atoms with Crippen molar-refractivity contribution in [3.05, 3.63) is 92.6 Å². The Morgan fingerprint density at radius 1 is 0.933 bits per heavy atom. The van der Waals surface area contributed by atoms with Crippen LogP contribution in [0.25, 0.3) is 17.1 Å². The number of aryl methyl sites for hydroxylation is 2. The summed E-state index contributed by atoms with van der Waals surface area (Å²) in [5, 5.41) is 7.44. The number of carbonyl (C=O) groups is 1. The van der Waals surface area contributed by atoms with Crippen LogP contribution in [0.15, 0.2) is 75.7 Å². The molecule has 0 radical (unpaired) electrons. The molecule has 150 valence electrons. The Morgan fingerprint density at radius 2 is 1.67 bits per heavy atom. The van der Waals surface area contributed by atoms with Gasteiger partial charge in [-0.05, 0) is 67.9 Å². The van der Waals surface area contributed by atoms with Gasteiger partial charge < -0.3 is 5.32 Å². The van der Waals surface area contributed by atoms with Crippen molar-refractivity contribution in [2.75, 3.05) is 5.32 Å². The maximum Gasteiger partial charge on any atom is 0.295 e. The van der Waals surface area contributed by atoms with Crippen LogP contribution in [0.2, 0.25) is 0 Å². The van der Waals surface area contributed by atoms with Crippen LogP contribution in [0, 0.1) is 13.8 Å². The Hall–Kier alpha value is -2.77. The number of aromatic nitrogens is 3. The average molecular weight is 526 g/mol. The zero-order valence-electron chi connectivity index (χ0n) is 16.4. The molecule has 1 heterocycles. The molecule has 4 aromatic rings. The van der Waals surface area contributed by atoms with E-state index >= 15 is 0 Å². The maximum absolute atomic E-state index is 12.9. The molecule has 0 bridgehead atoms. The zero-order chi connectivity index (χ0) is 21.3. The number of amides is 1. The second-order valence-corrected chi connectivity index (χ2v) is 8.76. The van der Waals surface area contributed by atoms with E-state index in [4.69, 9.17) is 0 Å². The van der Waals surface area contributed by atoms with E-state index in [1.807, 2.05) is 80.6 Å². The molecule has 0 unspecified atom stereocenters. The van der Waals surface area contributed by atoms with E-state index in [2.05, 4.69) is 47.3 Å². The van der Waals surface area contributed by atoms with Crippen LogP contribution in [-0.4, -0.2) is 20.7 Å². The third-order valence-electron chi connectivity index (χ3n) is 4.59. The van der Waals surface area contributed by atoms with Gasteiger partial charge in [-0.25, -0.2) is 9.67 Å². The van der Waals surface area contributed by atoms with Gasteiger partial charge in [0, 0.05) is 20.2 Å². The molecule has 3 aromatic carbocycles. The zero-order valence-corrected chi connectivity index (χ0v) is 19.5. The molecule has 4 rings (SSSR count). The first kappa shape index (κ1) is 20.5. The number of rotatable bonds is 4. The van der Waals surface area contributed by atoms with Gasteiger partial charge in [0.2, 0.25) is 5.82 Å². The first-order valence-corrected chi connectivity index (χ1v) is 10.9. The fourth-order valence-corrected chi connectivity index (χ4v) is 3.83. The van der Waals surface area contributed by atoms with E-state index in [1.54, 1.807) is 4.68 Å². The summed E-state index contributed by atoms with van der Waals surface area (Å²) in [6, 6.07) is 21.4. The molecular formula is C23H18Br2N4O. The lowest BCUT2D eigenvalue weighted by Crippen LogP contribution is -2.15. The van der Waals surface area contributed by atoms with Crippen molar-refractivity contribution in [1.82, 2.24) is 14.8 Å². The Kier molecular flexibility index (Phi) is 5.83. The highest BCUT2D eigenvalue weighted by molar-refractivity contribution is 9.10.